The standard InChI is InChI=1S/C21H17BrN2O4/c1-23(2)15-5-3-14(4-6-15)20(25)11-8-17-9-12-21(28-17)18-10-7-16(24(26)27)13-19(18)22/h3-13H,1-2H3/b11-8+. The summed E-state index contributed by atoms with van der Waals surface area (Å²) in [6.07, 6.45) is 3.06. The summed E-state index contributed by atoms with van der Waals surface area (Å²) < 4.78 is 6.30. The Kier molecular flexibility index (Phi) is 5.75. The number of carbonyl (C=O) groups excluding carboxylic acids is 1. The van der Waals surface area contributed by atoms with Gasteiger partial charge in [-0.05, 0) is 70.5 Å². The van der Waals surface area contributed by atoms with E-state index < -0.39 is 4.92 Å². The average molecular weight is 441 g/mol. The lowest BCUT2D eigenvalue weighted by Gasteiger charge is -2.11. The van der Waals surface area contributed by atoms with Crippen molar-refractivity contribution < 1.29 is 14.1 Å². The maximum absolute atomic E-state index is 12.3. The molecule has 0 fully saturated rings. The van der Waals surface area contributed by atoms with Crippen molar-refractivity contribution in [1.82, 2.24) is 0 Å². The first-order valence-electron chi connectivity index (χ1n) is 8.39. The number of carbonyl (C=O) groups is 1. The van der Waals surface area contributed by atoms with Crippen LogP contribution in [-0.4, -0.2) is 24.8 Å². The second-order valence-electron chi connectivity index (χ2n) is 6.26. The molecule has 0 amide bonds. The fourth-order valence-corrected chi connectivity index (χ4v) is 3.14. The molecule has 0 spiro atoms. The van der Waals surface area contributed by atoms with Gasteiger partial charge in [-0.3, -0.25) is 14.9 Å². The highest BCUT2D eigenvalue weighted by atomic mass is 79.9. The molecule has 1 aromatic heterocycles. The molecule has 0 aliphatic rings. The third-order valence-corrected chi connectivity index (χ3v) is 4.78. The van der Waals surface area contributed by atoms with Crippen LogP contribution in [-0.2, 0) is 0 Å². The number of nitrogens with zero attached hydrogens (tertiary/aromatic N) is 2. The zero-order valence-corrected chi connectivity index (χ0v) is 16.8. The van der Waals surface area contributed by atoms with Crippen LogP contribution in [0, 0.1) is 10.1 Å². The van der Waals surface area contributed by atoms with Crippen LogP contribution < -0.4 is 4.90 Å². The van der Waals surface area contributed by atoms with Crippen LogP contribution in [0.3, 0.4) is 0 Å². The highest BCUT2D eigenvalue weighted by Gasteiger charge is 2.13. The number of non-ortho nitro benzene ring substituents is 1. The largest absolute Gasteiger partial charge is 0.457 e. The molecule has 6 nitrogen and oxygen atoms in total. The van der Waals surface area contributed by atoms with Gasteiger partial charge in [0.25, 0.3) is 5.69 Å². The molecule has 0 aliphatic carbocycles. The van der Waals surface area contributed by atoms with Crippen molar-refractivity contribution in [2.24, 2.45) is 0 Å². The van der Waals surface area contributed by atoms with Gasteiger partial charge in [-0.2, -0.15) is 0 Å². The van der Waals surface area contributed by atoms with Gasteiger partial charge in [0.05, 0.1) is 4.92 Å². The molecule has 0 saturated heterocycles. The highest BCUT2D eigenvalue weighted by Crippen LogP contribution is 2.32. The Hall–Kier alpha value is -3.19. The third-order valence-electron chi connectivity index (χ3n) is 4.12. The fourth-order valence-electron chi connectivity index (χ4n) is 2.58. The van der Waals surface area contributed by atoms with Gasteiger partial charge in [0.15, 0.2) is 5.78 Å². The molecule has 0 bridgehead atoms. The first kappa shape index (κ1) is 19.6. The van der Waals surface area contributed by atoms with E-state index >= 15 is 0 Å². The number of ketones is 1. The quantitative estimate of drug-likeness (QED) is 0.216. The highest BCUT2D eigenvalue weighted by molar-refractivity contribution is 9.10. The van der Waals surface area contributed by atoms with E-state index in [-0.39, 0.29) is 11.5 Å². The van der Waals surface area contributed by atoms with Crippen LogP contribution in [0.4, 0.5) is 11.4 Å². The van der Waals surface area contributed by atoms with E-state index in [1.165, 1.54) is 18.2 Å². The van der Waals surface area contributed by atoms with E-state index in [1.54, 1.807) is 36.4 Å². The molecule has 2 aromatic carbocycles. The van der Waals surface area contributed by atoms with E-state index in [0.29, 0.717) is 27.1 Å². The van der Waals surface area contributed by atoms with Crippen molar-refractivity contribution >= 4 is 39.2 Å². The van der Waals surface area contributed by atoms with Crippen molar-refractivity contribution in [3.05, 3.63) is 86.6 Å². The molecule has 1 heterocycles. The Labute approximate surface area is 170 Å². The van der Waals surface area contributed by atoms with Crippen LogP contribution in [0.2, 0.25) is 0 Å². The minimum absolute atomic E-state index is 0.00631. The topological polar surface area (TPSA) is 76.6 Å². The molecule has 0 unspecified atom stereocenters. The summed E-state index contributed by atoms with van der Waals surface area (Å²) in [6.45, 7) is 0. The van der Waals surface area contributed by atoms with Crippen LogP contribution in [0.25, 0.3) is 17.4 Å². The number of rotatable bonds is 6. The van der Waals surface area contributed by atoms with Crippen LogP contribution in [0.15, 0.2) is 69.6 Å². The number of anilines is 1. The van der Waals surface area contributed by atoms with Gasteiger partial charge in [-0.25, -0.2) is 0 Å². The third kappa shape index (κ3) is 4.37. The molecule has 28 heavy (non-hydrogen) atoms. The molecule has 0 N–H and O–H groups in total. The van der Waals surface area contributed by atoms with Gasteiger partial charge in [0.1, 0.15) is 11.5 Å². The summed E-state index contributed by atoms with van der Waals surface area (Å²) >= 11 is 3.33. The van der Waals surface area contributed by atoms with Crippen molar-refractivity contribution in [2.75, 3.05) is 19.0 Å². The number of hydrogen-bond donors (Lipinski definition) is 0. The SMILES string of the molecule is CN(C)c1ccc(C(=O)/C=C/c2ccc(-c3ccc([N+](=O)[O-])cc3Br)o2)cc1. The molecule has 0 atom stereocenters. The van der Waals surface area contributed by atoms with Crippen molar-refractivity contribution in [2.45, 2.75) is 0 Å². The maximum Gasteiger partial charge on any atom is 0.270 e. The first-order valence-corrected chi connectivity index (χ1v) is 9.18. The molecule has 142 valence electrons. The van der Waals surface area contributed by atoms with Crippen LogP contribution in [0.1, 0.15) is 16.1 Å². The van der Waals surface area contributed by atoms with Crippen LogP contribution >= 0.6 is 15.9 Å². The maximum atomic E-state index is 12.3. The summed E-state index contributed by atoms with van der Waals surface area (Å²) in [6, 6.07) is 15.3. The molecule has 3 rings (SSSR count). The normalized spacial score (nSPS) is 11.0. The van der Waals surface area contributed by atoms with E-state index in [0.717, 1.165) is 5.69 Å². The number of halogens is 1. The predicted octanol–water partition coefficient (Wildman–Crippen LogP) is 5.58. The molecular weight excluding hydrogens is 424 g/mol. The Morgan fingerprint density at radius 1 is 1.11 bits per heavy atom. The van der Waals surface area contributed by atoms with Crippen molar-refractivity contribution in [1.29, 1.82) is 0 Å². The Morgan fingerprint density at radius 3 is 2.43 bits per heavy atom. The Morgan fingerprint density at radius 2 is 1.82 bits per heavy atom. The van der Waals surface area contributed by atoms with Gasteiger partial charge in [0, 0.05) is 47.5 Å². The molecule has 0 radical (unpaired) electrons. The lowest BCUT2D eigenvalue weighted by Crippen LogP contribution is -2.08. The fraction of sp³-hybridized carbons (Fsp3) is 0.0952. The van der Waals surface area contributed by atoms with Gasteiger partial charge < -0.3 is 9.32 Å². The average Bonchev–Trinajstić information content (AvgIpc) is 3.14. The van der Waals surface area contributed by atoms with Crippen molar-refractivity contribution in [3.63, 3.8) is 0 Å². The summed E-state index contributed by atoms with van der Waals surface area (Å²) in [5, 5.41) is 10.8. The minimum atomic E-state index is -0.457. The van der Waals surface area contributed by atoms with Crippen molar-refractivity contribution in [3.8, 4) is 11.3 Å². The second kappa shape index (κ2) is 8.22. The van der Waals surface area contributed by atoms with Gasteiger partial charge in [-0.15, -0.1) is 0 Å². The number of furan rings is 1. The second-order valence-corrected chi connectivity index (χ2v) is 7.12. The first-order chi connectivity index (χ1) is 13.3. The predicted molar refractivity (Wildman–Crippen MR) is 113 cm³/mol. The number of benzene rings is 2. The summed E-state index contributed by atoms with van der Waals surface area (Å²) in [7, 11) is 3.88. The van der Waals surface area contributed by atoms with E-state index in [4.69, 9.17) is 4.42 Å². The molecule has 0 aliphatic heterocycles. The Bertz CT molecular complexity index is 1050. The zero-order valence-electron chi connectivity index (χ0n) is 15.3. The lowest BCUT2D eigenvalue weighted by atomic mass is 10.1. The van der Waals surface area contributed by atoms with E-state index in [9.17, 15) is 14.9 Å². The molecule has 0 saturated carbocycles. The Balaban J connectivity index is 1.75. The summed E-state index contributed by atoms with van der Waals surface area (Å²) in [5.74, 6) is 0.933. The number of nitro benzene ring substituents is 1. The van der Waals surface area contributed by atoms with Gasteiger partial charge in [0.2, 0.25) is 0 Å². The minimum Gasteiger partial charge on any atom is -0.457 e. The zero-order chi connectivity index (χ0) is 20.3. The number of hydrogen-bond acceptors (Lipinski definition) is 5. The van der Waals surface area contributed by atoms with Gasteiger partial charge in [-0.1, -0.05) is 0 Å². The summed E-state index contributed by atoms with van der Waals surface area (Å²) in [4.78, 5) is 24.7. The monoisotopic (exact) mass is 440 g/mol. The number of allylic oxidation sites excluding steroid dienone is 1. The van der Waals surface area contributed by atoms with E-state index in [2.05, 4.69) is 15.9 Å². The molecule has 3 aromatic rings. The van der Waals surface area contributed by atoms with Gasteiger partial charge >= 0.3 is 0 Å². The molecular formula is C21H17BrN2O4. The molecule has 7 heteroatoms. The van der Waals surface area contributed by atoms with E-state index in [1.807, 2.05) is 31.1 Å². The lowest BCUT2D eigenvalue weighted by molar-refractivity contribution is -0.384. The van der Waals surface area contributed by atoms with Crippen LogP contribution in [0.5, 0.6) is 0 Å². The summed E-state index contributed by atoms with van der Waals surface area (Å²) in [5.41, 5.74) is 2.29. The smallest absolute Gasteiger partial charge is 0.270 e. The number of nitro groups is 1.